The van der Waals surface area contributed by atoms with Crippen molar-refractivity contribution in [2.24, 2.45) is 0 Å². The molecule has 0 saturated heterocycles. The molecule has 0 heterocycles. The molecule has 0 aromatic rings. The molecule has 2 heteroatoms. The number of unbranched alkanes of at least 4 members (excludes halogenated alkanes) is 14. The molecule has 0 aliphatic heterocycles. The number of hydrogen-bond donors (Lipinski definition) is 0. The first-order valence-electron chi connectivity index (χ1n) is 9.75. The Balaban J connectivity index is 3.00. The van der Waals surface area contributed by atoms with Crippen molar-refractivity contribution in [3.8, 4) is 0 Å². The van der Waals surface area contributed by atoms with Gasteiger partial charge in [0.05, 0.1) is 0 Å². The van der Waals surface area contributed by atoms with E-state index in [2.05, 4.69) is 20.0 Å². The van der Waals surface area contributed by atoms with Gasteiger partial charge in [-0.15, -0.1) is 0 Å². The van der Waals surface area contributed by atoms with Crippen molar-refractivity contribution in [3.05, 3.63) is 0 Å². The summed E-state index contributed by atoms with van der Waals surface area (Å²) in [6.45, 7) is 6.82. The van der Waals surface area contributed by atoms with Crippen LogP contribution in [0.3, 0.4) is 0 Å². The van der Waals surface area contributed by atoms with Gasteiger partial charge in [-0.05, 0) is 6.04 Å². The van der Waals surface area contributed by atoms with E-state index in [-0.39, 0.29) is 0 Å². The van der Waals surface area contributed by atoms with Crippen LogP contribution in [0, 0.1) is 0 Å². The summed E-state index contributed by atoms with van der Waals surface area (Å²) < 4.78 is 0. The lowest BCUT2D eigenvalue weighted by molar-refractivity contribution is 0.534. The van der Waals surface area contributed by atoms with Gasteiger partial charge in [0, 0.05) is 0 Å². The molecule has 0 amide bonds. The standard InChI is InChI=1S/C19H41ClSi/c1-4-5-6-7-8-9-10-11-12-13-14-15-16-17-18-19-21(2,3)20/h4-19H2,1-3H3. The van der Waals surface area contributed by atoms with Gasteiger partial charge in [0.15, 0.2) is 0 Å². The van der Waals surface area contributed by atoms with E-state index in [1.165, 1.54) is 102 Å². The van der Waals surface area contributed by atoms with Crippen LogP contribution in [0.2, 0.25) is 19.1 Å². The average molecular weight is 333 g/mol. The fourth-order valence-corrected chi connectivity index (χ4v) is 4.41. The smallest absolute Gasteiger partial charge is 0.150 e. The van der Waals surface area contributed by atoms with Crippen LogP contribution >= 0.6 is 11.1 Å². The second-order valence-electron chi connectivity index (χ2n) is 7.42. The SMILES string of the molecule is CCCCCCCCCCCCCCCCC[Si](C)(C)Cl. The Morgan fingerprint density at radius 1 is 0.524 bits per heavy atom. The van der Waals surface area contributed by atoms with E-state index in [0.29, 0.717) is 0 Å². The van der Waals surface area contributed by atoms with Gasteiger partial charge in [-0.25, -0.2) is 0 Å². The maximum absolute atomic E-state index is 6.33. The highest BCUT2D eigenvalue weighted by molar-refractivity contribution is 7.19. The summed E-state index contributed by atoms with van der Waals surface area (Å²) in [6, 6.07) is 1.30. The van der Waals surface area contributed by atoms with E-state index in [4.69, 9.17) is 11.1 Å². The van der Waals surface area contributed by atoms with Gasteiger partial charge in [0.1, 0.15) is 7.38 Å². The van der Waals surface area contributed by atoms with Gasteiger partial charge in [-0.2, -0.15) is 11.1 Å². The molecule has 0 fully saturated rings. The second kappa shape index (κ2) is 15.4. The number of rotatable bonds is 16. The minimum Gasteiger partial charge on any atom is -0.168 e. The van der Waals surface area contributed by atoms with E-state index >= 15 is 0 Å². The van der Waals surface area contributed by atoms with Gasteiger partial charge < -0.3 is 0 Å². The topological polar surface area (TPSA) is 0 Å². The molecule has 0 aromatic heterocycles. The van der Waals surface area contributed by atoms with Gasteiger partial charge in [0.25, 0.3) is 0 Å². The Morgan fingerprint density at radius 3 is 1.10 bits per heavy atom. The molecule has 0 rings (SSSR count). The Bertz CT molecular complexity index is 198. The predicted molar refractivity (Wildman–Crippen MR) is 103 cm³/mol. The molecular weight excluding hydrogens is 292 g/mol. The summed E-state index contributed by atoms with van der Waals surface area (Å²) in [5, 5.41) is 0. The van der Waals surface area contributed by atoms with E-state index in [1.54, 1.807) is 0 Å². The first-order valence-corrected chi connectivity index (χ1v) is 14.0. The van der Waals surface area contributed by atoms with E-state index in [9.17, 15) is 0 Å². The fourth-order valence-electron chi connectivity index (χ4n) is 2.92. The molecule has 0 saturated carbocycles. The van der Waals surface area contributed by atoms with E-state index in [1.807, 2.05) is 0 Å². The lowest BCUT2D eigenvalue weighted by Crippen LogP contribution is -2.14. The maximum atomic E-state index is 6.33. The van der Waals surface area contributed by atoms with Gasteiger partial charge in [-0.3, -0.25) is 0 Å². The molecule has 0 aliphatic carbocycles. The van der Waals surface area contributed by atoms with Crippen molar-refractivity contribution in [2.75, 3.05) is 0 Å². The fraction of sp³-hybridized carbons (Fsp3) is 1.00. The van der Waals surface area contributed by atoms with Crippen LogP contribution in [0.5, 0.6) is 0 Å². The van der Waals surface area contributed by atoms with Crippen molar-refractivity contribution in [2.45, 2.75) is 122 Å². The number of halogens is 1. The third-order valence-electron chi connectivity index (χ3n) is 4.37. The molecule has 0 atom stereocenters. The molecule has 21 heavy (non-hydrogen) atoms. The quantitative estimate of drug-likeness (QED) is 0.151. The van der Waals surface area contributed by atoms with Crippen molar-refractivity contribution in [3.63, 3.8) is 0 Å². The van der Waals surface area contributed by atoms with Crippen LogP contribution in [0.4, 0.5) is 0 Å². The Labute approximate surface area is 141 Å². The summed E-state index contributed by atoms with van der Waals surface area (Å²) in [4.78, 5) is 0. The van der Waals surface area contributed by atoms with E-state index < -0.39 is 7.38 Å². The molecule has 0 N–H and O–H groups in total. The Hall–Kier alpha value is 0.507. The summed E-state index contributed by atoms with van der Waals surface area (Å²) in [7, 11) is -1.29. The van der Waals surface area contributed by atoms with Crippen LogP contribution in [-0.4, -0.2) is 7.38 Å². The molecule has 0 aromatic carbocycles. The van der Waals surface area contributed by atoms with Crippen molar-refractivity contribution >= 4 is 18.5 Å². The average Bonchev–Trinajstić information content (AvgIpc) is 2.42. The third-order valence-corrected chi connectivity index (χ3v) is 6.48. The monoisotopic (exact) mass is 332 g/mol. The van der Waals surface area contributed by atoms with Crippen LogP contribution in [0.1, 0.15) is 103 Å². The van der Waals surface area contributed by atoms with E-state index in [0.717, 1.165) is 0 Å². The lowest BCUT2D eigenvalue weighted by atomic mass is 10.0. The predicted octanol–water partition coefficient (Wildman–Crippen LogP) is 8.30. The molecule has 0 aliphatic rings. The third kappa shape index (κ3) is 20.5. The summed E-state index contributed by atoms with van der Waals surface area (Å²) in [6.07, 6.45) is 21.7. The zero-order valence-electron chi connectivity index (χ0n) is 15.2. The molecule has 0 bridgehead atoms. The highest BCUT2D eigenvalue weighted by Crippen LogP contribution is 2.19. The lowest BCUT2D eigenvalue weighted by Gasteiger charge is -2.11. The van der Waals surface area contributed by atoms with Crippen molar-refractivity contribution in [1.29, 1.82) is 0 Å². The Morgan fingerprint density at radius 2 is 0.810 bits per heavy atom. The molecule has 0 nitrogen and oxygen atoms in total. The molecule has 0 radical (unpaired) electrons. The summed E-state index contributed by atoms with van der Waals surface area (Å²) in [5.74, 6) is 0. The second-order valence-corrected chi connectivity index (χ2v) is 14.4. The Kier molecular flexibility index (Phi) is 15.8. The van der Waals surface area contributed by atoms with Gasteiger partial charge >= 0.3 is 0 Å². The first kappa shape index (κ1) is 21.5. The van der Waals surface area contributed by atoms with Crippen LogP contribution < -0.4 is 0 Å². The van der Waals surface area contributed by atoms with Crippen molar-refractivity contribution in [1.82, 2.24) is 0 Å². The zero-order chi connectivity index (χ0) is 15.8. The molecule has 0 spiro atoms. The minimum atomic E-state index is -1.29. The van der Waals surface area contributed by atoms with Gasteiger partial charge in [0.2, 0.25) is 0 Å². The number of hydrogen-bond acceptors (Lipinski definition) is 0. The summed E-state index contributed by atoms with van der Waals surface area (Å²) >= 11 is 6.33. The van der Waals surface area contributed by atoms with Gasteiger partial charge in [-0.1, -0.05) is 116 Å². The molecule has 0 unspecified atom stereocenters. The highest BCUT2D eigenvalue weighted by Gasteiger charge is 2.15. The first-order chi connectivity index (χ1) is 10.1. The normalized spacial score (nSPS) is 12.0. The van der Waals surface area contributed by atoms with Crippen molar-refractivity contribution < 1.29 is 0 Å². The summed E-state index contributed by atoms with van der Waals surface area (Å²) in [5.41, 5.74) is 0. The van der Waals surface area contributed by atoms with Crippen LogP contribution in [0.25, 0.3) is 0 Å². The maximum Gasteiger partial charge on any atom is 0.150 e. The molecule has 128 valence electrons. The zero-order valence-corrected chi connectivity index (χ0v) is 16.9. The van der Waals surface area contributed by atoms with Crippen LogP contribution in [0.15, 0.2) is 0 Å². The minimum absolute atomic E-state index is 1.29. The molecular formula is C19H41ClSi. The van der Waals surface area contributed by atoms with Crippen LogP contribution in [-0.2, 0) is 0 Å². The highest BCUT2D eigenvalue weighted by atomic mass is 35.6. The largest absolute Gasteiger partial charge is 0.168 e.